The number of carbonyl (C=O) groups excluding carboxylic acids is 3. The maximum absolute atomic E-state index is 13.7. The predicted octanol–water partition coefficient (Wildman–Crippen LogP) is 3.73. The first-order valence-corrected chi connectivity index (χ1v) is 15.0. The first kappa shape index (κ1) is 31.7. The molecule has 0 bridgehead atoms. The van der Waals surface area contributed by atoms with Gasteiger partial charge in [-0.25, -0.2) is 4.98 Å². The number of hydrogen-bond donors (Lipinski definition) is 4. The number of hydrogen-bond acceptors (Lipinski definition) is 7. The van der Waals surface area contributed by atoms with Crippen molar-refractivity contribution in [1.82, 2.24) is 20.5 Å². The number of benzene rings is 1. The second-order valence-corrected chi connectivity index (χ2v) is 12.6. The molecule has 2 unspecified atom stereocenters. The van der Waals surface area contributed by atoms with Gasteiger partial charge in [-0.2, -0.15) is 0 Å². The number of aryl methyl sites for hydroxylation is 1. The standard InChI is InChI=1S/C30H44N4O5S/c1-19(21-11-13-22(14-12-21)26-20(2)31-18-40-26)32-28(38)24-16-23(36)17-34(24)29(39)27(30(3,4)5)33-25(37)10-8-6-7-9-15-35/h11-14,18-19,23-24,27,35-36H,6-10,15-17H2,1-5H3,(H,32,38)(H,33,37)/t19?,23-,24+,27?/m1/s1. The van der Waals surface area contributed by atoms with Crippen molar-refractivity contribution in [3.63, 3.8) is 0 Å². The van der Waals surface area contributed by atoms with Crippen molar-refractivity contribution in [2.45, 2.75) is 97.4 Å². The third-order valence-electron chi connectivity index (χ3n) is 7.37. The van der Waals surface area contributed by atoms with Crippen LogP contribution in [-0.2, 0) is 14.4 Å². The van der Waals surface area contributed by atoms with Crippen LogP contribution in [0, 0.1) is 12.3 Å². The Kier molecular flexibility index (Phi) is 11.2. The van der Waals surface area contributed by atoms with Crippen molar-refractivity contribution >= 4 is 29.1 Å². The van der Waals surface area contributed by atoms with Gasteiger partial charge in [-0.05, 0) is 43.2 Å². The molecule has 4 N–H and O–H groups in total. The zero-order valence-electron chi connectivity index (χ0n) is 24.3. The molecule has 2 aromatic rings. The van der Waals surface area contributed by atoms with Gasteiger partial charge in [-0.3, -0.25) is 14.4 Å². The van der Waals surface area contributed by atoms with Crippen LogP contribution < -0.4 is 10.6 Å². The molecule has 0 saturated carbocycles. The Bertz CT molecular complexity index is 1140. The average Bonchev–Trinajstić information content (AvgIpc) is 3.51. The molecule has 0 radical (unpaired) electrons. The molecule has 1 aliphatic rings. The molecule has 3 amide bonds. The van der Waals surface area contributed by atoms with Gasteiger partial charge in [0.2, 0.25) is 17.7 Å². The normalized spacial score (nSPS) is 18.8. The van der Waals surface area contributed by atoms with Gasteiger partial charge in [0.25, 0.3) is 0 Å². The number of amides is 3. The number of nitrogens with zero attached hydrogens (tertiary/aromatic N) is 2. The minimum Gasteiger partial charge on any atom is -0.396 e. The zero-order chi connectivity index (χ0) is 29.4. The highest BCUT2D eigenvalue weighted by Crippen LogP contribution is 2.29. The Morgan fingerprint density at radius 1 is 1.10 bits per heavy atom. The number of β-amino-alcohol motifs (C(OH)–C–C–N with tert-alkyl or cyclic N) is 1. The predicted molar refractivity (Wildman–Crippen MR) is 157 cm³/mol. The van der Waals surface area contributed by atoms with E-state index < -0.39 is 23.6 Å². The molecule has 1 fully saturated rings. The largest absolute Gasteiger partial charge is 0.396 e. The molecule has 1 aliphatic heterocycles. The van der Waals surface area contributed by atoms with Crippen LogP contribution >= 0.6 is 11.3 Å². The van der Waals surface area contributed by atoms with Gasteiger partial charge < -0.3 is 25.7 Å². The van der Waals surface area contributed by atoms with Crippen LogP contribution in [-0.4, -0.2) is 69.2 Å². The minimum absolute atomic E-state index is 0.0395. The van der Waals surface area contributed by atoms with Crippen LogP contribution in [0.3, 0.4) is 0 Å². The van der Waals surface area contributed by atoms with E-state index in [0.717, 1.165) is 34.5 Å². The molecule has 1 aromatic heterocycles. The number of likely N-dealkylation sites (tertiary alicyclic amines) is 1. The van der Waals surface area contributed by atoms with E-state index in [1.54, 1.807) is 11.3 Å². The molecule has 1 aromatic carbocycles. The van der Waals surface area contributed by atoms with Gasteiger partial charge in [0, 0.05) is 26.0 Å². The summed E-state index contributed by atoms with van der Waals surface area (Å²) in [4.78, 5) is 46.6. The van der Waals surface area contributed by atoms with Crippen molar-refractivity contribution in [3.05, 3.63) is 41.0 Å². The summed E-state index contributed by atoms with van der Waals surface area (Å²) in [6.45, 7) is 9.66. The number of rotatable bonds is 12. The highest BCUT2D eigenvalue weighted by atomic mass is 32.1. The van der Waals surface area contributed by atoms with E-state index in [2.05, 4.69) is 15.6 Å². The third-order valence-corrected chi connectivity index (χ3v) is 8.35. The number of carbonyl (C=O) groups is 3. The van der Waals surface area contributed by atoms with E-state index in [1.165, 1.54) is 4.90 Å². The summed E-state index contributed by atoms with van der Waals surface area (Å²) in [5, 5.41) is 25.3. The fourth-order valence-corrected chi connectivity index (χ4v) is 5.81. The van der Waals surface area contributed by atoms with E-state index in [9.17, 15) is 19.5 Å². The fourth-order valence-electron chi connectivity index (χ4n) is 5.00. The molecule has 2 heterocycles. The Balaban J connectivity index is 1.65. The smallest absolute Gasteiger partial charge is 0.246 e. The lowest BCUT2D eigenvalue weighted by Crippen LogP contribution is -2.57. The summed E-state index contributed by atoms with van der Waals surface area (Å²) in [5.74, 6) is -0.916. The molecule has 1 saturated heterocycles. The molecule has 0 spiro atoms. The summed E-state index contributed by atoms with van der Waals surface area (Å²) in [5.41, 5.74) is 4.20. The van der Waals surface area contributed by atoms with Gasteiger partial charge in [-0.15, -0.1) is 11.3 Å². The minimum atomic E-state index is -0.835. The Morgan fingerprint density at radius 2 is 1.77 bits per heavy atom. The van der Waals surface area contributed by atoms with Crippen molar-refractivity contribution in [1.29, 1.82) is 0 Å². The van der Waals surface area contributed by atoms with Crippen LogP contribution in [0.1, 0.15) is 83.5 Å². The van der Waals surface area contributed by atoms with Crippen molar-refractivity contribution in [2.24, 2.45) is 5.41 Å². The molecule has 0 aliphatic carbocycles. The SMILES string of the molecule is Cc1ncsc1-c1ccc(C(C)NC(=O)[C@@H]2C[C@@H](O)CN2C(=O)C(NC(=O)CCCCCCO)C(C)(C)C)cc1. The van der Waals surface area contributed by atoms with Crippen LogP contribution in [0.15, 0.2) is 29.8 Å². The van der Waals surface area contributed by atoms with E-state index in [1.807, 2.05) is 64.4 Å². The molecule has 10 heteroatoms. The summed E-state index contributed by atoms with van der Waals surface area (Å²) in [6.07, 6.45) is 2.67. The van der Waals surface area contributed by atoms with Crippen LogP contribution in [0.5, 0.6) is 0 Å². The van der Waals surface area contributed by atoms with E-state index >= 15 is 0 Å². The summed E-state index contributed by atoms with van der Waals surface area (Å²) >= 11 is 1.58. The molecule has 220 valence electrons. The zero-order valence-corrected chi connectivity index (χ0v) is 25.1. The molecule has 3 rings (SSSR count). The lowest BCUT2D eigenvalue weighted by atomic mass is 9.85. The molecular formula is C30H44N4O5S. The number of aliphatic hydroxyl groups excluding tert-OH is 2. The lowest BCUT2D eigenvalue weighted by Gasteiger charge is -2.35. The summed E-state index contributed by atoms with van der Waals surface area (Å²) in [7, 11) is 0. The quantitative estimate of drug-likeness (QED) is 0.287. The van der Waals surface area contributed by atoms with E-state index in [4.69, 9.17) is 5.11 Å². The van der Waals surface area contributed by atoms with Crippen LogP contribution in [0.4, 0.5) is 0 Å². The Hall–Kier alpha value is -2.82. The monoisotopic (exact) mass is 572 g/mol. The van der Waals surface area contributed by atoms with Crippen molar-refractivity contribution < 1.29 is 24.6 Å². The average molecular weight is 573 g/mol. The number of unbranched alkanes of at least 4 members (excludes halogenated alkanes) is 3. The topological polar surface area (TPSA) is 132 Å². The van der Waals surface area contributed by atoms with Crippen molar-refractivity contribution in [3.8, 4) is 10.4 Å². The first-order valence-electron chi connectivity index (χ1n) is 14.1. The van der Waals surface area contributed by atoms with Gasteiger partial charge in [0.05, 0.1) is 28.2 Å². The second kappa shape index (κ2) is 14.2. The number of thiazole rings is 1. The first-order chi connectivity index (χ1) is 18.9. The molecule has 4 atom stereocenters. The van der Waals surface area contributed by atoms with E-state index in [-0.39, 0.29) is 49.8 Å². The molecule has 40 heavy (non-hydrogen) atoms. The van der Waals surface area contributed by atoms with E-state index in [0.29, 0.717) is 12.8 Å². The highest BCUT2D eigenvalue weighted by molar-refractivity contribution is 7.13. The Labute approximate surface area is 241 Å². The van der Waals surface area contributed by atoms with Crippen molar-refractivity contribution in [2.75, 3.05) is 13.2 Å². The van der Waals surface area contributed by atoms with Gasteiger partial charge in [0.1, 0.15) is 12.1 Å². The number of aliphatic hydroxyl groups is 2. The fraction of sp³-hybridized carbons (Fsp3) is 0.600. The Morgan fingerprint density at radius 3 is 2.38 bits per heavy atom. The summed E-state index contributed by atoms with van der Waals surface area (Å²) in [6, 6.07) is 6.00. The maximum Gasteiger partial charge on any atom is 0.246 e. The summed E-state index contributed by atoms with van der Waals surface area (Å²) < 4.78 is 0. The van der Waals surface area contributed by atoms with Gasteiger partial charge in [-0.1, -0.05) is 57.9 Å². The third kappa shape index (κ3) is 8.34. The van der Waals surface area contributed by atoms with Crippen LogP contribution in [0.25, 0.3) is 10.4 Å². The molecular weight excluding hydrogens is 528 g/mol. The molecule has 9 nitrogen and oxygen atoms in total. The van der Waals surface area contributed by atoms with Gasteiger partial charge >= 0.3 is 0 Å². The van der Waals surface area contributed by atoms with Gasteiger partial charge in [0.15, 0.2) is 0 Å². The maximum atomic E-state index is 13.7. The van der Waals surface area contributed by atoms with Crippen LogP contribution in [0.2, 0.25) is 0 Å². The lowest BCUT2D eigenvalue weighted by molar-refractivity contribution is -0.144. The number of aromatic nitrogens is 1. The highest BCUT2D eigenvalue weighted by Gasteiger charge is 2.44. The number of nitrogens with one attached hydrogen (secondary N) is 2. The second-order valence-electron chi connectivity index (χ2n) is 11.8.